The van der Waals surface area contributed by atoms with Gasteiger partial charge < -0.3 is 0 Å². The lowest BCUT2D eigenvalue weighted by atomic mass is 10.1. The molecule has 7 nitrogen and oxygen atoms in total. The van der Waals surface area contributed by atoms with Crippen LogP contribution >= 0.6 is 11.3 Å². The number of carbonyl (C=O) groups is 1. The molecule has 2 heterocycles. The lowest BCUT2D eigenvalue weighted by molar-refractivity contribution is 0.0970. The average Bonchev–Trinajstić information content (AvgIpc) is 3.17. The number of aryl methyl sites for hydroxylation is 2. The van der Waals surface area contributed by atoms with E-state index in [9.17, 15) is 18.0 Å². The van der Waals surface area contributed by atoms with Gasteiger partial charge in [0, 0.05) is 16.1 Å². The Labute approximate surface area is 159 Å². The van der Waals surface area contributed by atoms with Crippen molar-refractivity contribution in [2.45, 2.75) is 25.8 Å². The maximum absolute atomic E-state index is 12.8. The van der Waals surface area contributed by atoms with Crippen molar-refractivity contribution in [3.05, 3.63) is 57.0 Å². The molecule has 0 spiro atoms. The van der Waals surface area contributed by atoms with E-state index in [4.69, 9.17) is 0 Å². The van der Waals surface area contributed by atoms with Gasteiger partial charge in [-0.05, 0) is 49.1 Å². The summed E-state index contributed by atoms with van der Waals surface area (Å²) in [5, 5.41) is 0.649. The molecule has 9 heteroatoms. The van der Waals surface area contributed by atoms with Crippen LogP contribution in [-0.2, 0) is 29.4 Å². The largest absolute Gasteiger partial charge is 0.292 e. The lowest BCUT2D eigenvalue weighted by Crippen LogP contribution is -2.24. The number of aromatic nitrogens is 2. The van der Waals surface area contributed by atoms with Crippen LogP contribution in [-0.4, -0.2) is 30.0 Å². The molecule has 0 fully saturated rings. The number of anilines is 1. The Morgan fingerprint density at radius 2 is 2.00 bits per heavy atom. The maximum atomic E-state index is 12.8. The second kappa shape index (κ2) is 6.58. The van der Waals surface area contributed by atoms with E-state index in [-0.39, 0.29) is 17.9 Å². The first kappa shape index (κ1) is 17.9. The van der Waals surface area contributed by atoms with E-state index in [1.807, 2.05) is 0 Å². The molecule has 0 unspecified atom stereocenters. The molecule has 3 aromatic rings. The van der Waals surface area contributed by atoms with Crippen LogP contribution in [0.15, 0.2) is 35.4 Å². The van der Waals surface area contributed by atoms with E-state index in [1.165, 1.54) is 40.0 Å². The van der Waals surface area contributed by atoms with E-state index < -0.39 is 10.0 Å². The zero-order chi connectivity index (χ0) is 19.2. The van der Waals surface area contributed by atoms with Gasteiger partial charge in [-0.15, -0.1) is 11.3 Å². The quantitative estimate of drug-likeness (QED) is 0.659. The van der Waals surface area contributed by atoms with Crippen molar-refractivity contribution in [2.24, 2.45) is 0 Å². The van der Waals surface area contributed by atoms with Gasteiger partial charge in [0.15, 0.2) is 5.78 Å². The van der Waals surface area contributed by atoms with Crippen molar-refractivity contribution in [3.63, 3.8) is 0 Å². The highest BCUT2D eigenvalue weighted by molar-refractivity contribution is 7.92. The summed E-state index contributed by atoms with van der Waals surface area (Å²) in [7, 11) is -3.37. The molecule has 1 aliphatic carbocycles. The topological polar surface area (TPSA) is 98.1 Å². The highest BCUT2D eigenvalue weighted by Gasteiger charge is 2.21. The van der Waals surface area contributed by atoms with Crippen LogP contribution in [0.25, 0.3) is 10.2 Å². The summed E-state index contributed by atoms with van der Waals surface area (Å²) in [5.41, 5.74) is 1.69. The van der Waals surface area contributed by atoms with Crippen molar-refractivity contribution >= 4 is 43.0 Å². The van der Waals surface area contributed by atoms with Crippen LogP contribution < -0.4 is 10.3 Å². The lowest BCUT2D eigenvalue weighted by Gasteiger charge is -2.07. The van der Waals surface area contributed by atoms with Crippen molar-refractivity contribution in [1.29, 1.82) is 0 Å². The molecule has 0 saturated heterocycles. The number of sulfonamides is 1. The number of thiophene rings is 1. The van der Waals surface area contributed by atoms with Crippen molar-refractivity contribution in [2.75, 3.05) is 11.0 Å². The van der Waals surface area contributed by atoms with Gasteiger partial charge in [-0.3, -0.25) is 18.9 Å². The molecular weight excluding hydrogens is 386 g/mol. The molecule has 4 rings (SSSR count). The Bertz CT molecular complexity index is 1210. The third-order valence-corrected chi connectivity index (χ3v) is 6.32. The summed E-state index contributed by atoms with van der Waals surface area (Å²) >= 11 is 1.57. The van der Waals surface area contributed by atoms with Crippen molar-refractivity contribution in [1.82, 2.24) is 9.55 Å². The molecule has 1 N–H and O–H groups in total. The second-order valence-electron chi connectivity index (χ2n) is 6.59. The number of Topliss-reactive ketones (excluding diaryl/α,β-unsaturated/α-hetero) is 1. The van der Waals surface area contributed by atoms with Crippen LogP contribution in [0, 0.1) is 0 Å². The van der Waals surface area contributed by atoms with E-state index in [2.05, 4.69) is 9.71 Å². The molecule has 1 aromatic carbocycles. The van der Waals surface area contributed by atoms with Gasteiger partial charge in [-0.25, -0.2) is 13.4 Å². The minimum absolute atomic E-state index is 0.106. The summed E-state index contributed by atoms with van der Waals surface area (Å²) in [6.07, 6.45) is 5.41. The normalized spacial score (nSPS) is 13.7. The summed E-state index contributed by atoms with van der Waals surface area (Å²) in [5.74, 6) is -0.240. The Hall–Kier alpha value is -2.52. The van der Waals surface area contributed by atoms with Gasteiger partial charge in [0.2, 0.25) is 10.0 Å². The van der Waals surface area contributed by atoms with E-state index in [1.54, 1.807) is 11.3 Å². The van der Waals surface area contributed by atoms with Crippen molar-refractivity contribution < 1.29 is 13.2 Å². The standard InChI is InChI=1S/C18H17N3O4S2/c1-27(24,25)20-12-7-5-11(6-8-12)14(22)9-21-10-19-17-16(18(21)23)13-3-2-4-15(13)26-17/h5-8,10,20H,2-4,9H2,1H3. The average molecular weight is 403 g/mol. The SMILES string of the molecule is CS(=O)(=O)Nc1ccc(C(=O)Cn2cnc3sc4c(c3c2=O)CCC4)cc1. The Balaban J connectivity index is 1.60. The van der Waals surface area contributed by atoms with Gasteiger partial charge in [-0.2, -0.15) is 0 Å². The second-order valence-corrected chi connectivity index (χ2v) is 9.42. The molecule has 0 radical (unpaired) electrons. The fourth-order valence-electron chi connectivity index (χ4n) is 3.32. The number of nitrogens with one attached hydrogen (secondary N) is 1. The van der Waals surface area contributed by atoms with Crippen molar-refractivity contribution in [3.8, 4) is 0 Å². The Morgan fingerprint density at radius 1 is 1.26 bits per heavy atom. The molecule has 0 bridgehead atoms. The molecule has 0 atom stereocenters. The fourth-order valence-corrected chi connectivity index (χ4v) is 5.10. The highest BCUT2D eigenvalue weighted by atomic mass is 32.2. The van der Waals surface area contributed by atoms with Crippen LogP contribution in [0.1, 0.15) is 27.2 Å². The molecule has 0 aliphatic heterocycles. The smallest absolute Gasteiger partial charge is 0.262 e. The first-order valence-electron chi connectivity index (χ1n) is 8.42. The molecule has 0 saturated carbocycles. The van der Waals surface area contributed by atoms with E-state index in [0.717, 1.165) is 35.9 Å². The highest BCUT2D eigenvalue weighted by Crippen LogP contribution is 2.34. The number of hydrogen-bond acceptors (Lipinski definition) is 6. The molecular formula is C18H17N3O4S2. The van der Waals surface area contributed by atoms with E-state index in [0.29, 0.717) is 16.6 Å². The summed E-state index contributed by atoms with van der Waals surface area (Å²) in [4.78, 5) is 31.7. The number of rotatable bonds is 5. The minimum atomic E-state index is -3.37. The van der Waals surface area contributed by atoms with Crippen LogP contribution in [0.4, 0.5) is 5.69 Å². The number of ketones is 1. The Kier molecular flexibility index (Phi) is 4.35. The maximum Gasteiger partial charge on any atom is 0.262 e. The monoisotopic (exact) mass is 403 g/mol. The van der Waals surface area contributed by atoms with Crippen LogP contribution in [0.3, 0.4) is 0 Å². The van der Waals surface area contributed by atoms with Crippen LogP contribution in [0.2, 0.25) is 0 Å². The Morgan fingerprint density at radius 3 is 2.70 bits per heavy atom. The predicted octanol–water partition coefficient (Wildman–Crippen LogP) is 2.20. The van der Waals surface area contributed by atoms with Gasteiger partial charge in [0.05, 0.1) is 24.5 Å². The minimum Gasteiger partial charge on any atom is -0.292 e. The zero-order valence-corrected chi connectivity index (χ0v) is 16.2. The number of fused-ring (bicyclic) bond motifs is 3. The first-order chi connectivity index (χ1) is 12.8. The van der Waals surface area contributed by atoms with Gasteiger partial charge in [0.1, 0.15) is 4.83 Å². The summed E-state index contributed by atoms with van der Waals surface area (Å²) in [6.45, 7) is -0.106. The molecule has 140 valence electrons. The van der Waals surface area contributed by atoms with Gasteiger partial charge in [-0.1, -0.05) is 0 Å². The predicted molar refractivity (Wildman–Crippen MR) is 105 cm³/mol. The first-order valence-corrected chi connectivity index (χ1v) is 11.1. The third kappa shape index (κ3) is 3.52. The fraction of sp³-hybridized carbons (Fsp3) is 0.278. The molecule has 27 heavy (non-hydrogen) atoms. The van der Waals surface area contributed by atoms with Crippen LogP contribution in [0.5, 0.6) is 0 Å². The number of benzene rings is 1. The number of hydrogen-bond donors (Lipinski definition) is 1. The molecule has 2 aromatic heterocycles. The summed E-state index contributed by atoms with van der Waals surface area (Å²) < 4.78 is 26.2. The summed E-state index contributed by atoms with van der Waals surface area (Å²) in [6, 6.07) is 6.11. The number of nitrogens with zero attached hydrogens (tertiary/aromatic N) is 2. The third-order valence-electron chi connectivity index (χ3n) is 4.52. The van der Waals surface area contributed by atoms with Gasteiger partial charge >= 0.3 is 0 Å². The zero-order valence-electron chi connectivity index (χ0n) is 14.6. The van der Waals surface area contributed by atoms with E-state index >= 15 is 0 Å². The van der Waals surface area contributed by atoms with Gasteiger partial charge in [0.25, 0.3) is 5.56 Å². The molecule has 0 amide bonds. The molecule has 1 aliphatic rings. The number of carbonyl (C=O) groups excluding carboxylic acids is 1.